The van der Waals surface area contributed by atoms with Gasteiger partial charge in [0.25, 0.3) is 0 Å². The van der Waals surface area contributed by atoms with Gasteiger partial charge >= 0.3 is 0 Å². The second kappa shape index (κ2) is 4.74. The van der Waals surface area contributed by atoms with Gasteiger partial charge in [-0.15, -0.1) is 0 Å². The lowest BCUT2D eigenvalue weighted by molar-refractivity contribution is 1.43. The highest BCUT2D eigenvalue weighted by molar-refractivity contribution is 9.10. The van der Waals surface area contributed by atoms with E-state index >= 15 is 0 Å². The molecule has 1 aliphatic rings. The summed E-state index contributed by atoms with van der Waals surface area (Å²) in [5.74, 6) is 1.13. The van der Waals surface area contributed by atoms with Crippen LogP contribution in [-0.2, 0) is 0 Å². The van der Waals surface area contributed by atoms with Gasteiger partial charge in [0.1, 0.15) is 0 Å². The SMILES string of the molecule is Brc1ccc(N=C[C]2[CH][CH][CH][CH]2)cc1. The van der Waals surface area contributed by atoms with Crippen molar-refractivity contribution in [3.63, 3.8) is 0 Å². The summed E-state index contributed by atoms with van der Waals surface area (Å²) in [5, 5.41) is 0. The molecular weight excluding hydrogens is 238 g/mol. The van der Waals surface area contributed by atoms with Crippen LogP contribution in [0, 0.1) is 31.6 Å². The van der Waals surface area contributed by atoms with Crippen LogP contribution in [0.3, 0.4) is 0 Å². The minimum Gasteiger partial charge on any atom is -0.261 e. The molecule has 1 saturated carbocycles. The third kappa shape index (κ3) is 2.68. The van der Waals surface area contributed by atoms with Gasteiger partial charge in [-0.2, -0.15) is 0 Å². The molecule has 0 unspecified atom stereocenters. The molecule has 1 aromatic rings. The Morgan fingerprint density at radius 3 is 2.29 bits per heavy atom. The average Bonchev–Trinajstić information content (AvgIpc) is 2.70. The number of rotatable bonds is 2. The molecule has 1 fully saturated rings. The molecule has 0 N–H and O–H groups in total. The van der Waals surface area contributed by atoms with Crippen LogP contribution < -0.4 is 0 Å². The van der Waals surface area contributed by atoms with Crippen molar-refractivity contribution in [2.75, 3.05) is 0 Å². The van der Waals surface area contributed by atoms with Crippen LogP contribution in [0.2, 0.25) is 0 Å². The first-order chi connectivity index (χ1) is 6.84. The first kappa shape index (κ1) is 9.91. The number of hydrogen-bond acceptors (Lipinski definition) is 1. The fourth-order valence-corrected chi connectivity index (χ4v) is 1.42. The van der Waals surface area contributed by atoms with E-state index in [9.17, 15) is 0 Å². The van der Waals surface area contributed by atoms with Gasteiger partial charge in [-0.25, -0.2) is 0 Å². The Balaban J connectivity index is 1.99. The lowest BCUT2D eigenvalue weighted by Gasteiger charge is -1.98. The summed E-state index contributed by atoms with van der Waals surface area (Å²) in [6.45, 7) is 0. The summed E-state index contributed by atoms with van der Waals surface area (Å²) in [6, 6.07) is 7.92. The van der Waals surface area contributed by atoms with E-state index in [0.717, 1.165) is 16.1 Å². The van der Waals surface area contributed by atoms with Crippen molar-refractivity contribution < 1.29 is 0 Å². The molecule has 0 aromatic heterocycles. The minimum atomic E-state index is 0.967. The third-order valence-electron chi connectivity index (χ3n) is 1.88. The first-order valence-electron chi connectivity index (χ1n) is 4.36. The van der Waals surface area contributed by atoms with Gasteiger partial charge in [-0.3, -0.25) is 4.99 Å². The molecule has 1 aliphatic carbocycles. The normalized spacial score (nSPS) is 18.1. The summed E-state index contributed by atoms with van der Waals surface area (Å²) in [5.41, 5.74) is 0.967. The van der Waals surface area contributed by atoms with E-state index in [0.29, 0.717) is 0 Å². The quantitative estimate of drug-likeness (QED) is 0.708. The molecule has 0 atom stereocenters. The highest BCUT2D eigenvalue weighted by Gasteiger charge is 2.13. The van der Waals surface area contributed by atoms with Gasteiger partial charge in [-0.1, -0.05) is 15.9 Å². The monoisotopic (exact) mass is 246 g/mol. The molecular formula is C12H9BrN. The summed E-state index contributed by atoms with van der Waals surface area (Å²) in [4.78, 5) is 4.34. The summed E-state index contributed by atoms with van der Waals surface area (Å²) in [6.07, 6.45) is 9.93. The Labute approximate surface area is 93.4 Å². The predicted molar refractivity (Wildman–Crippen MR) is 62.7 cm³/mol. The van der Waals surface area contributed by atoms with Crippen molar-refractivity contribution in [1.29, 1.82) is 0 Å². The maximum Gasteiger partial charge on any atom is 0.0626 e. The Bertz CT molecular complexity index is 310. The Morgan fingerprint density at radius 1 is 1.00 bits per heavy atom. The number of benzene rings is 1. The lowest BCUT2D eigenvalue weighted by atomic mass is 10.1. The van der Waals surface area contributed by atoms with Crippen molar-refractivity contribution >= 4 is 27.8 Å². The molecule has 0 spiro atoms. The zero-order valence-electron chi connectivity index (χ0n) is 7.52. The Kier molecular flexibility index (Phi) is 3.35. The van der Waals surface area contributed by atoms with E-state index < -0.39 is 0 Å². The predicted octanol–water partition coefficient (Wildman–Crippen LogP) is 3.56. The van der Waals surface area contributed by atoms with Crippen LogP contribution in [0.5, 0.6) is 0 Å². The second-order valence-electron chi connectivity index (χ2n) is 2.95. The highest BCUT2D eigenvalue weighted by atomic mass is 79.9. The minimum absolute atomic E-state index is 0.967. The lowest BCUT2D eigenvalue weighted by Crippen LogP contribution is -1.91. The van der Waals surface area contributed by atoms with E-state index in [1.807, 2.05) is 56.2 Å². The van der Waals surface area contributed by atoms with Gasteiger partial charge in [-0.05, 0) is 49.9 Å². The van der Waals surface area contributed by atoms with Crippen molar-refractivity contribution in [2.45, 2.75) is 0 Å². The standard InChI is InChI=1S/C12H9BrN/c13-11-5-7-12(8-6-11)14-9-10-3-1-2-4-10/h1-9H. The van der Waals surface area contributed by atoms with E-state index in [-0.39, 0.29) is 0 Å². The first-order valence-corrected chi connectivity index (χ1v) is 5.15. The molecule has 0 bridgehead atoms. The topological polar surface area (TPSA) is 12.4 Å². The molecule has 0 saturated heterocycles. The van der Waals surface area contributed by atoms with Gasteiger partial charge in [0.05, 0.1) is 5.69 Å². The van der Waals surface area contributed by atoms with Crippen LogP contribution in [0.4, 0.5) is 5.69 Å². The van der Waals surface area contributed by atoms with Crippen LogP contribution in [0.25, 0.3) is 0 Å². The summed E-state index contributed by atoms with van der Waals surface area (Å²) < 4.78 is 1.07. The smallest absolute Gasteiger partial charge is 0.0626 e. The van der Waals surface area contributed by atoms with Gasteiger partial charge in [0.2, 0.25) is 0 Å². The van der Waals surface area contributed by atoms with Gasteiger partial charge in [0, 0.05) is 16.6 Å². The maximum absolute atomic E-state index is 4.34. The molecule has 1 aromatic carbocycles. The number of halogens is 1. The zero-order chi connectivity index (χ0) is 9.80. The molecule has 2 rings (SSSR count). The van der Waals surface area contributed by atoms with Crippen LogP contribution in [-0.4, -0.2) is 6.21 Å². The summed E-state index contributed by atoms with van der Waals surface area (Å²) in [7, 11) is 0. The Hall–Kier alpha value is -0.630. The molecule has 14 heavy (non-hydrogen) atoms. The van der Waals surface area contributed by atoms with Gasteiger partial charge in [0.15, 0.2) is 0 Å². The number of hydrogen-bond donors (Lipinski definition) is 0. The van der Waals surface area contributed by atoms with Crippen molar-refractivity contribution in [1.82, 2.24) is 0 Å². The molecule has 2 heteroatoms. The van der Waals surface area contributed by atoms with E-state index in [4.69, 9.17) is 0 Å². The van der Waals surface area contributed by atoms with Crippen molar-refractivity contribution in [3.8, 4) is 0 Å². The van der Waals surface area contributed by atoms with E-state index in [1.54, 1.807) is 0 Å². The molecule has 0 aliphatic heterocycles. The fraction of sp³-hybridized carbons (Fsp3) is 0. The summed E-state index contributed by atoms with van der Waals surface area (Å²) >= 11 is 3.38. The van der Waals surface area contributed by atoms with Crippen molar-refractivity contribution in [2.24, 2.45) is 4.99 Å². The highest BCUT2D eigenvalue weighted by Crippen LogP contribution is 2.22. The van der Waals surface area contributed by atoms with E-state index in [2.05, 4.69) is 20.9 Å². The molecule has 69 valence electrons. The second-order valence-corrected chi connectivity index (χ2v) is 3.87. The zero-order valence-corrected chi connectivity index (χ0v) is 9.11. The fourth-order valence-electron chi connectivity index (χ4n) is 1.15. The molecule has 0 heterocycles. The van der Waals surface area contributed by atoms with Crippen LogP contribution in [0.1, 0.15) is 0 Å². The largest absolute Gasteiger partial charge is 0.261 e. The Morgan fingerprint density at radius 2 is 1.64 bits per heavy atom. The average molecular weight is 247 g/mol. The number of nitrogens with zero attached hydrogens (tertiary/aromatic N) is 1. The molecule has 0 amide bonds. The number of aliphatic imine (C=N–C) groups is 1. The molecule has 1 nitrogen and oxygen atoms in total. The van der Waals surface area contributed by atoms with E-state index in [1.165, 1.54) is 0 Å². The molecule has 5 radical (unpaired) electrons. The maximum atomic E-state index is 4.34. The van der Waals surface area contributed by atoms with Gasteiger partial charge < -0.3 is 0 Å². The third-order valence-corrected chi connectivity index (χ3v) is 2.41. The van der Waals surface area contributed by atoms with Crippen molar-refractivity contribution in [3.05, 3.63) is 60.3 Å². The van der Waals surface area contributed by atoms with Crippen LogP contribution >= 0.6 is 15.9 Å². The van der Waals surface area contributed by atoms with Crippen LogP contribution in [0.15, 0.2) is 33.7 Å².